The number of carbonyl (C=O) groups excluding carboxylic acids is 2. The maximum Gasteiger partial charge on any atom is 0.266 e. The SMILES string of the molecule is Cc1nc(C)c(C(=O)N(C)Cc2nc(C3CC(=O)N(C(C)C)C3)cc(N(C)C)n2)s1. The molecule has 0 bridgehead atoms. The quantitative estimate of drug-likeness (QED) is 0.701. The molecule has 1 saturated heterocycles. The van der Waals surface area contributed by atoms with Gasteiger partial charge in [0.1, 0.15) is 16.5 Å². The summed E-state index contributed by atoms with van der Waals surface area (Å²) >= 11 is 1.40. The van der Waals surface area contributed by atoms with Gasteiger partial charge in [-0.2, -0.15) is 0 Å². The Bertz CT molecular complexity index is 955. The van der Waals surface area contributed by atoms with Crippen LogP contribution in [-0.2, 0) is 11.3 Å². The van der Waals surface area contributed by atoms with Gasteiger partial charge in [-0.05, 0) is 27.7 Å². The molecule has 30 heavy (non-hydrogen) atoms. The maximum absolute atomic E-state index is 12.9. The molecule has 9 heteroatoms. The Morgan fingerprint density at radius 2 is 1.93 bits per heavy atom. The Hall–Kier alpha value is -2.55. The van der Waals surface area contributed by atoms with E-state index in [1.807, 2.05) is 57.7 Å². The molecule has 0 aliphatic carbocycles. The van der Waals surface area contributed by atoms with Crippen molar-refractivity contribution < 1.29 is 9.59 Å². The average molecular weight is 431 g/mol. The summed E-state index contributed by atoms with van der Waals surface area (Å²) in [4.78, 5) is 45.1. The molecular weight excluding hydrogens is 400 g/mol. The lowest BCUT2D eigenvalue weighted by Crippen LogP contribution is -2.32. The summed E-state index contributed by atoms with van der Waals surface area (Å²) in [5.74, 6) is 1.45. The van der Waals surface area contributed by atoms with Gasteiger partial charge in [0.25, 0.3) is 5.91 Å². The molecule has 0 radical (unpaired) electrons. The average Bonchev–Trinajstić information content (AvgIpc) is 3.22. The molecule has 1 fully saturated rings. The molecular formula is C21H30N6O2S. The van der Waals surface area contributed by atoms with Crippen LogP contribution in [0.2, 0.25) is 0 Å². The van der Waals surface area contributed by atoms with E-state index < -0.39 is 0 Å². The van der Waals surface area contributed by atoms with Gasteiger partial charge in [-0.25, -0.2) is 15.0 Å². The number of thiazole rings is 1. The number of aryl methyl sites for hydroxylation is 2. The number of rotatable bonds is 6. The Labute approximate surface area is 181 Å². The first-order valence-electron chi connectivity index (χ1n) is 10.1. The molecule has 1 atom stereocenters. The first-order chi connectivity index (χ1) is 14.1. The molecule has 0 N–H and O–H groups in total. The van der Waals surface area contributed by atoms with E-state index in [1.165, 1.54) is 11.3 Å². The molecule has 2 amide bonds. The second-order valence-corrected chi connectivity index (χ2v) is 9.51. The number of nitrogens with zero attached hydrogens (tertiary/aromatic N) is 6. The minimum atomic E-state index is -0.0828. The van der Waals surface area contributed by atoms with Gasteiger partial charge in [0.05, 0.1) is 22.9 Å². The van der Waals surface area contributed by atoms with Crippen LogP contribution in [0.3, 0.4) is 0 Å². The summed E-state index contributed by atoms with van der Waals surface area (Å²) in [5.41, 5.74) is 1.60. The van der Waals surface area contributed by atoms with Crippen molar-refractivity contribution in [2.45, 2.75) is 52.6 Å². The van der Waals surface area contributed by atoms with Crippen LogP contribution in [-0.4, -0.2) is 70.3 Å². The van der Waals surface area contributed by atoms with Crippen LogP contribution in [0.1, 0.15) is 58.1 Å². The van der Waals surface area contributed by atoms with E-state index in [4.69, 9.17) is 4.98 Å². The predicted octanol–water partition coefficient (Wildman–Crippen LogP) is 2.61. The molecule has 2 aromatic heterocycles. The third-order valence-electron chi connectivity index (χ3n) is 5.26. The van der Waals surface area contributed by atoms with Crippen molar-refractivity contribution in [3.63, 3.8) is 0 Å². The highest BCUT2D eigenvalue weighted by Crippen LogP contribution is 2.30. The highest BCUT2D eigenvalue weighted by Gasteiger charge is 2.33. The number of hydrogen-bond donors (Lipinski definition) is 0. The van der Waals surface area contributed by atoms with Crippen molar-refractivity contribution in [2.24, 2.45) is 0 Å². The summed E-state index contributed by atoms with van der Waals surface area (Å²) in [5, 5.41) is 0.873. The van der Waals surface area contributed by atoms with Crippen molar-refractivity contribution >= 4 is 29.0 Å². The van der Waals surface area contributed by atoms with Gasteiger partial charge in [-0.15, -0.1) is 11.3 Å². The zero-order valence-electron chi connectivity index (χ0n) is 18.8. The van der Waals surface area contributed by atoms with Crippen LogP contribution in [0.4, 0.5) is 5.82 Å². The molecule has 1 aliphatic rings. The lowest BCUT2D eigenvalue weighted by molar-refractivity contribution is -0.129. The lowest BCUT2D eigenvalue weighted by Gasteiger charge is -2.22. The van der Waals surface area contributed by atoms with Gasteiger partial charge < -0.3 is 14.7 Å². The van der Waals surface area contributed by atoms with Gasteiger partial charge >= 0.3 is 0 Å². The second kappa shape index (κ2) is 8.67. The van der Waals surface area contributed by atoms with Crippen LogP contribution in [0.25, 0.3) is 0 Å². The molecule has 2 aromatic rings. The Kier molecular flexibility index (Phi) is 6.40. The Morgan fingerprint density at radius 1 is 1.23 bits per heavy atom. The molecule has 8 nitrogen and oxygen atoms in total. The number of likely N-dealkylation sites (tertiary alicyclic amines) is 1. The number of anilines is 1. The minimum absolute atomic E-state index is 0.0350. The van der Waals surface area contributed by atoms with E-state index in [-0.39, 0.29) is 23.8 Å². The van der Waals surface area contributed by atoms with E-state index in [0.717, 1.165) is 22.2 Å². The number of aromatic nitrogens is 3. The number of carbonyl (C=O) groups is 2. The fraction of sp³-hybridized carbons (Fsp3) is 0.571. The number of hydrogen-bond acceptors (Lipinski definition) is 7. The largest absolute Gasteiger partial charge is 0.363 e. The highest BCUT2D eigenvalue weighted by atomic mass is 32.1. The Morgan fingerprint density at radius 3 is 2.47 bits per heavy atom. The minimum Gasteiger partial charge on any atom is -0.363 e. The van der Waals surface area contributed by atoms with Crippen LogP contribution in [0, 0.1) is 13.8 Å². The van der Waals surface area contributed by atoms with Crippen molar-refractivity contribution in [3.05, 3.63) is 33.2 Å². The summed E-state index contributed by atoms with van der Waals surface area (Å²) in [6, 6.07) is 2.12. The van der Waals surface area contributed by atoms with E-state index >= 15 is 0 Å². The van der Waals surface area contributed by atoms with Crippen LogP contribution in [0.15, 0.2) is 6.07 Å². The monoisotopic (exact) mass is 430 g/mol. The van der Waals surface area contributed by atoms with Crippen LogP contribution in [0.5, 0.6) is 0 Å². The summed E-state index contributed by atoms with van der Waals surface area (Å²) in [6.45, 7) is 8.75. The first-order valence-corrected chi connectivity index (χ1v) is 10.9. The molecule has 162 valence electrons. The van der Waals surface area contributed by atoms with Gasteiger partial charge in [0.2, 0.25) is 5.91 Å². The summed E-state index contributed by atoms with van der Waals surface area (Å²) in [6.07, 6.45) is 0.454. The highest BCUT2D eigenvalue weighted by molar-refractivity contribution is 7.13. The molecule has 0 spiro atoms. The van der Waals surface area contributed by atoms with E-state index in [9.17, 15) is 9.59 Å². The van der Waals surface area contributed by atoms with Gasteiger partial charge in [-0.3, -0.25) is 9.59 Å². The lowest BCUT2D eigenvalue weighted by atomic mass is 10.0. The standard InChI is InChI=1S/C21H30N6O2S/c1-12(2)27-10-15(8-19(27)28)16-9-18(25(5)6)24-17(23-16)11-26(7)21(29)20-13(3)22-14(4)30-20/h9,12,15H,8,10-11H2,1-7H3. The molecule has 3 heterocycles. The van der Waals surface area contributed by atoms with Crippen molar-refractivity contribution in [1.29, 1.82) is 0 Å². The molecule has 0 saturated carbocycles. The molecule has 0 aromatic carbocycles. The number of amides is 2. The first kappa shape index (κ1) is 22.1. The second-order valence-electron chi connectivity index (χ2n) is 8.31. The topological polar surface area (TPSA) is 82.5 Å². The third-order valence-corrected chi connectivity index (χ3v) is 6.32. The van der Waals surface area contributed by atoms with Crippen molar-refractivity contribution in [2.75, 3.05) is 32.6 Å². The normalized spacial score (nSPS) is 16.5. The fourth-order valence-electron chi connectivity index (χ4n) is 3.63. The summed E-state index contributed by atoms with van der Waals surface area (Å²) in [7, 11) is 5.60. The predicted molar refractivity (Wildman–Crippen MR) is 118 cm³/mol. The molecule has 3 rings (SSSR count). The summed E-state index contributed by atoms with van der Waals surface area (Å²) < 4.78 is 0. The van der Waals surface area contributed by atoms with Gasteiger partial charge in [0.15, 0.2) is 0 Å². The zero-order chi connectivity index (χ0) is 22.2. The smallest absolute Gasteiger partial charge is 0.266 e. The zero-order valence-corrected chi connectivity index (χ0v) is 19.6. The van der Waals surface area contributed by atoms with Gasteiger partial charge in [-0.1, -0.05) is 0 Å². The van der Waals surface area contributed by atoms with E-state index in [0.29, 0.717) is 30.2 Å². The van der Waals surface area contributed by atoms with Crippen LogP contribution >= 0.6 is 11.3 Å². The van der Waals surface area contributed by atoms with E-state index in [1.54, 1.807) is 11.9 Å². The van der Waals surface area contributed by atoms with Crippen molar-refractivity contribution in [3.8, 4) is 0 Å². The maximum atomic E-state index is 12.9. The van der Waals surface area contributed by atoms with Crippen molar-refractivity contribution in [1.82, 2.24) is 24.8 Å². The fourth-order valence-corrected chi connectivity index (χ4v) is 4.54. The van der Waals surface area contributed by atoms with E-state index in [2.05, 4.69) is 9.97 Å². The third kappa shape index (κ3) is 4.61. The van der Waals surface area contributed by atoms with Gasteiger partial charge in [0, 0.05) is 52.1 Å². The Balaban J connectivity index is 1.85. The molecule has 1 unspecified atom stereocenters. The van der Waals surface area contributed by atoms with Crippen LogP contribution < -0.4 is 4.90 Å². The molecule has 1 aliphatic heterocycles.